The number of carbonyl (C=O) groups is 2. The maximum atomic E-state index is 11.7. The summed E-state index contributed by atoms with van der Waals surface area (Å²) in [6.07, 6.45) is 8.11. The molecule has 0 saturated carbocycles. The molecule has 0 aromatic rings. The summed E-state index contributed by atoms with van der Waals surface area (Å²) in [6.45, 7) is 8.41. The fourth-order valence-electron chi connectivity index (χ4n) is 1.39. The molecule has 19 heavy (non-hydrogen) atoms. The van der Waals surface area contributed by atoms with E-state index in [0.29, 0.717) is 5.70 Å². The molecule has 5 heteroatoms. The molecular weight excluding hydrogens is 246 g/mol. The van der Waals surface area contributed by atoms with E-state index in [1.54, 1.807) is 18.2 Å². The lowest BCUT2D eigenvalue weighted by Gasteiger charge is -2.29. The summed E-state index contributed by atoms with van der Waals surface area (Å²) in [7, 11) is 0. The van der Waals surface area contributed by atoms with Crippen molar-refractivity contribution in [3.05, 3.63) is 48.4 Å². The monoisotopic (exact) mass is 263 g/mol. The van der Waals surface area contributed by atoms with Crippen LogP contribution in [-0.2, 0) is 19.1 Å². The normalized spacial score (nSPS) is 18.9. The lowest BCUT2D eigenvalue weighted by atomic mass is 10.2. The molecule has 1 aliphatic rings. The van der Waals surface area contributed by atoms with Gasteiger partial charge in [0.05, 0.1) is 0 Å². The predicted octanol–water partition coefficient (Wildman–Crippen LogP) is 1.94. The Morgan fingerprint density at radius 2 is 1.84 bits per heavy atom. The van der Waals surface area contributed by atoms with Gasteiger partial charge in [0.15, 0.2) is 5.57 Å². The first-order valence-corrected chi connectivity index (χ1v) is 5.78. The first-order valence-electron chi connectivity index (χ1n) is 5.78. The molecule has 0 atom stereocenters. The van der Waals surface area contributed by atoms with Gasteiger partial charge in [-0.25, -0.2) is 9.59 Å². The Kier molecular flexibility index (Phi) is 4.69. The van der Waals surface area contributed by atoms with Gasteiger partial charge in [-0.3, -0.25) is 0 Å². The Bertz CT molecular complexity index is 462. The van der Waals surface area contributed by atoms with E-state index < -0.39 is 17.7 Å². The number of cyclic esters (lactones) is 2. The minimum Gasteiger partial charge on any atom is -0.419 e. The molecule has 0 aliphatic carbocycles. The summed E-state index contributed by atoms with van der Waals surface area (Å²) >= 11 is 0. The number of ether oxygens (including phenoxy) is 2. The van der Waals surface area contributed by atoms with E-state index in [1.807, 2.05) is 13.0 Å². The summed E-state index contributed by atoms with van der Waals surface area (Å²) in [5.74, 6) is -2.66. The van der Waals surface area contributed by atoms with Crippen LogP contribution in [0.5, 0.6) is 0 Å². The van der Waals surface area contributed by atoms with Crippen molar-refractivity contribution >= 4 is 11.9 Å². The third kappa shape index (κ3) is 4.13. The average Bonchev–Trinajstić information content (AvgIpc) is 2.26. The molecule has 0 radical (unpaired) electrons. The first kappa shape index (κ1) is 14.8. The van der Waals surface area contributed by atoms with Crippen molar-refractivity contribution in [3.8, 4) is 0 Å². The average molecular weight is 263 g/mol. The van der Waals surface area contributed by atoms with Crippen LogP contribution in [0.3, 0.4) is 0 Å². The van der Waals surface area contributed by atoms with E-state index in [2.05, 4.69) is 11.9 Å². The van der Waals surface area contributed by atoms with Crippen LogP contribution in [0.15, 0.2) is 48.4 Å². The summed E-state index contributed by atoms with van der Waals surface area (Å²) in [5.41, 5.74) is 0.495. The Morgan fingerprint density at radius 1 is 1.26 bits per heavy atom. The van der Waals surface area contributed by atoms with E-state index in [1.165, 1.54) is 20.0 Å². The van der Waals surface area contributed by atoms with Gasteiger partial charge in [-0.15, -0.1) is 0 Å². The number of hydrogen-bond donors (Lipinski definition) is 1. The second-order valence-corrected chi connectivity index (χ2v) is 4.24. The fraction of sp³-hybridized carbons (Fsp3) is 0.286. The molecule has 0 unspecified atom stereocenters. The highest BCUT2D eigenvalue weighted by molar-refractivity contribution is 6.15. The van der Waals surface area contributed by atoms with Gasteiger partial charge in [0, 0.05) is 25.7 Å². The van der Waals surface area contributed by atoms with Gasteiger partial charge in [-0.05, 0) is 19.1 Å². The highest BCUT2D eigenvalue weighted by Gasteiger charge is 2.38. The van der Waals surface area contributed by atoms with Crippen molar-refractivity contribution in [1.82, 2.24) is 5.32 Å². The van der Waals surface area contributed by atoms with Crippen molar-refractivity contribution in [3.63, 3.8) is 0 Å². The zero-order valence-corrected chi connectivity index (χ0v) is 11.2. The number of hydrogen-bond acceptors (Lipinski definition) is 5. The second kappa shape index (κ2) is 6.04. The maximum Gasteiger partial charge on any atom is 0.350 e. The summed E-state index contributed by atoms with van der Waals surface area (Å²) in [6, 6.07) is 0. The highest BCUT2D eigenvalue weighted by Crippen LogP contribution is 2.22. The van der Waals surface area contributed by atoms with E-state index in [9.17, 15) is 9.59 Å². The van der Waals surface area contributed by atoms with Crippen LogP contribution in [0.2, 0.25) is 0 Å². The molecule has 1 N–H and O–H groups in total. The number of allylic oxidation sites excluding steroid dienone is 4. The van der Waals surface area contributed by atoms with Gasteiger partial charge in [-0.2, -0.15) is 0 Å². The summed E-state index contributed by atoms with van der Waals surface area (Å²) < 4.78 is 9.92. The summed E-state index contributed by atoms with van der Waals surface area (Å²) in [5, 5.41) is 2.82. The van der Waals surface area contributed by atoms with E-state index >= 15 is 0 Å². The van der Waals surface area contributed by atoms with E-state index in [0.717, 1.165) is 0 Å². The molecule has 1 heterocycles. The minimum atomic E-state index is -1.23. The van der Waals surface area contributed by atoms with E-state index in [4.69, 9.17) is 9.47 Å². The van der Waals surface area contributed by atoms with Gasteiger partial charge in [0.1, 0.15) is 0 Å². The van der Waals surface area contributed by atoms with E-state index in [-0.39, 0.29) is 5.57 Å². The molecule has 1 rings (SSSR count). The van der Waals surface area contributed by atoms with Crippen molar-refractivity contribution in [1.29, 1.82) is 0 Å². The van der Waals surface area contributed by atoms with Crippen LogP contribution < -0.4 is 5.32 Å². The molecule has 0 aromatic carbocycles. The zero-order chi connectivity index (χ0) is 14.5. The smallest absolute Gasteiger partial charge is 0.350 e. The molecule has 5 nitrogen and oxygen atoms in total. The molecule has 1 fully saturated rings. The third-order valence-electron chi connectivity index (χ3n) is 2.14. The SMILES string of the molecule is C=C/C=C(\C=C/C)NC=C1C(=O)OC(C)(C)OC1=O. The molecule has 1 saturated heterocycles. The van der Waals surface area contributed by atoms with Crippen LogP contribution in [0.1, 0.15) is 20.8 Å². The third-order valence-corrected chi connectivity index (χ3v) is 2.14. The maximum absolute atomic E-state index is 11.7. The Hall–Kier alpha value is -2.30. The molecule has 0 spiro atoms. The largest absolute Gasteiger partial charge is 0.419 e. The van der Waals surface area contributed by atoms with Gasteiger partial charge in [-0.1, -0.05) is 18.7 Å². The van der Waals surface area contributed by atoms with Crippen LogP contribution in [0, 0.1) is 0 Å². The lowest BCUT2D eigenvalue weighted by Crippen LogP contribution is -2.42. The van der Waals surface area contributed by atoms with Crippen LogP contribution >= 0.6 is 0 Å². The number of nitrogens with one attached hydrogen (secondary N) is 1. The Balaban J connectivity index is 2.88. The quantitative estimate of drug-likeness (QED) is 0.363. The molecule has 1 aliphatic heterocycles. The van der Waals surface area contributed by atoms with Crippen LogP contribution in [0.4, 0.5) is 0 Å². The van der Waals surface area contributed by atoms with Gasteiger partial charge < -0.3 is 14.8 Å². The first-order chi connectivity index (χ1) is 8.89. The topological polar surface area (TPSA) is 64.6 Å². The molecule has 102 valence electrons. The van der Waals surface area contributed by atoms with Crippen molar-refractivity contribution in [2.75, 3.05) is 0 Å². The molecule has 0 amide bonds. The fourth-order valence-corrected chi connectivity index (χ4v) is 1.39. The Labute approximate surface area is 112 Å². The van der Waals surface area contributed by atoms with Crippen molar-refractivity contribution in [2.45, 2.75) is 26.6 Å². The Morgan fingerprint density at radius 3 is 2.32 bits per heavy atom. The lowest BCUT2D eigenvalue weighted by molar-refractivity contribution is -0.222. The van der Waals surface area contributed by atoms with Crippen molar-refractivity contribution < 1.29 is 19.1 Å². The van der Waals surface area contributed by atoms with Gasteiger partial charge in [0.2, 0.25) is 0 Å². The number of esters is 2. The number of rotatable bonds is 4. The number of carbonyl (C=O) groups excluding carboxylic acids is 2. The van der Waals surface area contributed by atoms with Crippen LogP contribution in [0.25, 0.3) is 0 Å². The predicted molar refractivity (Wildman–Crippen MR) is 70.6 cm³/mol. The second-order valence-electron chi connectivity index (χ2n) is 4.24. The van der Waals surface area contributed by atoms with Crippen LogP contribution in [-0.4, -0.2) is 17.7 Å². The summed E-state index contributed by atoms with van der Waals surface area (Å²) in [4.78, 5) is 23.3. The standard InChI is InChI=1S/C14H17NO4/c1-5-7-10(8-6-2)15-9-11-12(16)18-14(3,4)19-13(11)17/h5-9,15H,1H2,2-4H3/b8-6-,10-7+. The molecular formula is C14H17NO4. The van der Waals surface area contributed by atoms with Gasteiger partial charge in [0.25, 0.3) is 5.79 Å². The molecule has 0 bridgehead atoms. The molecule has 0 aromatic heterocycles. The van der Waals surface area contributed by atoms with Gasteiger partial charge >= 0.3 is 11.9 Å². The zero-order valence-electron chi connectivity index (χ0n) is 11.2. The van der Waals surface area contributed by atoms with Crippen molar-refractivity contribution in [2.24, 2.45) is 0 Å². The minimum absolute atomic E-state index is 0.182. The highest BCUT2D eigenvalue weighted by atomic mass is 16.7.